The van der Waals surface area contributed by atoms with E-state index in [9.17, 15) is 15.2 Å². The molecule has 0 saturated heterocycles. The standard InChI is InChI=1S/C31H21NO4/c33-23-17-13-21(14-18-23)31(27-9-3-1-7-25(27)26-8-2-4-10-28(26)31)22-15-19-24(20-16-22)36-30-12-6-5-11-29(30)32(34)35/h1-20,33H. The number of hydrogen-bond donors (Lipinski definition) is 1. The van der Waals surface area contributed by atoms with Gasteiger partial charge in [-0.25, -0.2) is 0 Å². The summed E-state index contributed by atoms with van der Waals surface area (Å²) in [5.74, 6) is 0.912. The van der Waals surface area contributed by atoms with Gasteiger partial charge in [-0.3, -0.25) is 10.1 Å². The molecule has 0 heterocycles. The van der Waals surface area contributed by atoms with Crippen molar-refractivity contribution < 1.29 is 14.8 Å². The largest absolute Gasteiger partial charge is 0.508 e. The lowest BCUT2D eigenvalue weighted by Crippen LogP contribution is -2.28. The molecule has 0 bridgehead atoms. The zero-order valence-corrected chi connectivity index (χ0v) is 19.2. The molecular formula is C31H21NO4. The Morgan fingerprint density at radius 1 is 0.639 bits per heavy atom. The second-order valence-corrected chi connectivity index (χ2v) is 8.74. The molecule has 174 valence electrons. The summed E-state index contributed by atoms with van der Waals surface area (Å²) >= 11 is 0. The van der Waals surface area contributed by atoms with Crippen LogP contribution in [0, 0.1) is 10.1 Å². The van der Waals surface area contributed by atoms with Crippen LogP contribution in [-0.4, -0.2) is 10.0 Å². The molecule has 6 rings (SSSR count). The average molecular weight is 472 g/mol. The van der Waals surface area contributed by atoms with Crippen molar-refractivity contribution in [3.63, 3.8) is 0 Å². The van der Waals surface area contributed by atoms with Crippen LogP contribution in [0.3, 0.4) is 0 Å². The summed E-state index contributed by atoms with van der Waals surface area (Å²) in [5, 5.41) is 21.4. The minimum atomic E-state index is -0.599. The Morgan fingerprint density at radius 2 is 1.14 bits per heavy atom. The molecule has 36 heavy (non-hydrogen) atoms. The Kier molecular flexibility index (Phi) is 5.04. The summed E-state index contributed by atoms with van der Waals surface area (Å²) in [7, 11) is 0. The molecule has 0 atom stereocenters. The van der Waals surface area contributed by atoms with E-state index >= 15 is 0 Å². The fourth-order valence-corrected chi connectivity index (χ4v) is 5.33. The van der Waals surface area contributed by atoms with Gasteiger partial charge in [0.1, 0.15) is 11.5 Å². The Labute approximate surface area is 208 Å². The topological polar surface area (TPSA) is 72.6 Å². The van der Waals surface area contributed by atoms with Crippen molar-refractivity contribution in [2.24, 2.45) is 0 Å². The summed E-state index contributed by atoms with van der Waals surface area (Å²) in [6.45, 7) is 0. The lowest BCUT2D eigenvalue weighted by molar-refractivity contribution is -0.385. The molecule has 0 aliphatic heterocycles. The van der Waals surface area contributed by atoms with E-state index in [1.165, 1.54) is 17.2 Å². The molecule has 1 aliphatic rings. The Hall–Kier alpha value is -4.90. The number of rotatable bonds is 5. The van der Waals surface area contributed by atoms with Crippen LogP contribution >= 0.6 is 0 Å². The van der Waals surface area contributed by atoms with Crippen LogP contribution in [-0.2, 0) is 5.41 Å². The highest BCUT2D eigenvalue weighted by molar-refractivity contribution is 5.86. The minimum absolute atomic E-state index is 0.0826. The monoisotopic (exact) mass is 471 g/mol. The van der Waals surface area contributed by atoms with Gasteiger partial charge in [0.25, 0.3) is 0 Å². The van der Waals surface area contributed by atoms with Gasteiger partial charge in [0.05, 0.1) is 10.3 Å². The van der Waals surface area contributed by atoms with Crippen LogP contribution in [0.2, 0.25) is 0 Å². The number of benzene rings is 5. The molecule has 0 radical (unpaired) electrons. The van der Waals surface area contributed by atoms with Gasteiger partial charge in [0, 0.05) is 6.07 Å². The lowest BCUT2D eigenvalue weighted by atomic mass is 9.68. The van der Waals surface area contributed by atoms with Crippen LogP contribution in [0.4, 0.5) is 5.69 Å². The predicted octanol–water partition coefficient (Wildman–Crippen LogP) is 7.46. The number of aromatic hydroxyl groups is 1. The maximum atomic E-state index is 11.4. The van der Waals surface area contributed by atoms with Crippen LogP contribution in [0.25, 0.3) is 11.1 Å². The van der Waals surface area contributed by atoms with Gasteiger partial charge in [-0.05, 0) is 63.7 Å². The minimum Gasteiger partial charge on any atom is -0.508 e. The number of nitrogens with zero attached hydrogens (tertiary/aromatic N) is 1. The molecule has 0 spiro atoms. The molecule has 0 saturated carbocycles. The maximum Gasteiger partial charge on any atom is 0.311 e. The van der Waals surface area contributed by atoms with Crippen molar-refractivity contribution in [3.05, 3.63) is 154 Å². The van der Waals surface area contributed by atoms with Gasteiger partial charge in [-0.1, -0.05) is 84.9 Å². The number of ether oxygens (including phenoxy) is 1. The quantitative estimate of drug-likeness (QED) is 0.209. The molecule has 5 heteroatoms. The van der Waals surface area contributed by atoms with E-state index < -0.39 is 10.3 Å². The lowest BCUT2D eigenvalue weighted by Gasteiger charge is -2.34. The van der Waals surface area contributed by atoms with E-state index in [0.717, 1.165) is 22.3 Å². The fraction of sp³-hybridized carbons (Fsp3) is 0.0323. The van der Waals surface area contributed by atoms with Crippen molar-refractivity contribution in [2.75, 3.05) is 0 Å². The van der Waals surface area contributed by atoms with Gasteiger partial charge in [-0.2, -0.15) is 0 Å². The molecule has 5 nitrogen and oxygen atoms in total. The number of nitro benzene ring substituents is 1. The zero-order chi connectivity index (χ0) is 24.7. The fourth-order valence-electron chi connectivity index (χ4n) is 5.33. The van der Waals surface area contributed by atoms with Gasteiger partial charge in [-0.15, -0.1) is 0 Å². The van der Waals surface area contributed by atoms with Crippen LogP contribution in [0.15, 0.2) is 121 Å². The predicted molar refractivity (Wildman–Crippen MR) is 139 cm³/mol. The van der Waals surface area contributed by atoms with Crippen LogP contribution < -0.4 is 4.74 Å². The zero-order valence-electron chi connectivity index (χ0n) is 19.2. The van der Waals surface area contributed by atoms with E-state index in [0.29, 0.717) is 5.75 Å². The molecule has 0 unspecified atom stereocenters. The highest BCUT2D eigenvalue weighted by atomic mass is 16.6. The first-order chi connectivity index (χ1) is 17.6. The summed E-state index contributed by atoms with van der Waals surface area (Å²) in [6, 6.07) is 38.2. The molecule has 1 N–H and O–H groups in total. The third kappa shape index (κ3) is 3.25. The number of nitro groups is 1. The van der Waals surface area contributed by atoms with Gasteiger partial charge in [0.15, 0.2) is 0 Å². The van der Waals surface area contributed by atoms with Crippen molar-refractivity contribution >= 4 is 5.69 Å². The van der Waals surface area contributed by atoms with Crippen molar-refractivity contribution in [2.45, 2.75) is 5.41 Å². The third-order valence-electron chi connectivity index (χ3n) is 6.83. The van der Waals surface area contributed by atoms with Crippen molar-refractivity contribution in [1.29, 1.82) is 0 Å². The van der Waals surface area contributed by atoms with Crippen LogP contribution in [0.5, 0.6) is 17.2 Å². The third-order valence-corrected chi connectivity index (χ3v) is 6.83. The van der Waals surface area contributed by atoms with E-state index in [4.69, 9.17) is 4.74 Å². The number of hydrogen-bond acceptors (Lipinski definition) is 4. The summed E-state index contributed by atoms with van der Waals surface area (Å²) in [6.07, 6.45) is 0. The van der Waals surface area contributed by atoms with Crippen LogP contribution in [0.1, 0.15) is 22.3 Å². The molecule has 0 aromatic heterocycles. The average Bonchev–Trinajstić information content (AvgIpc) is 3.21. The number of phenolic OH excluding ortho intramolecular Hbond substituents is 1. The Bertz CT molecular complexity index is 1540. The van der Waals surface area contributed by atoms with Gasteiger partial charge >= 0.3 is 5.69 Å². The summed E-state index contributed by atoms with van der Waals surface area (Å²) in [4.78, 5) is 11.0. The first kappa shape index (κ1) is 21.6. The summed E-state index contributed by atoms with van der Waals surface area (Å²) < 4.78 is 5.91. The van der Waals surface area contributed by atoms with E-state index in [1.807, 2.05) is 60.7 Å². The Morgan fingerprint density at radius 3 is 1.72 bits per heavy atom. The molecular weight excluding hydrogens is 450 g/mol. The van der Waals surface area contributed by atoms with Crippen molar-refractivity contribution in [3.8, 4) is 28.4 Å². The van der Waals surface area contributed by atoms with Gasteiger partial charge in [0.2, 0.25) is 5.75 Å². The number of phenols is 1. The first-order valence-electron chi connectivity index (χ1n) is 11.6. The summed E-state index contributed by atoms with van der Waals surface area (Å²) in [5.41, 5.74) is 6.03. The highest BCUT2D eigenvalue weighted by Crippen LogP contribution is 2.56. The first-order valence-corrected chi connectivity index (χ1v) is 11.6. The van der Waals surface area contributed by atoms with E-state index in [1.54, 1.807) is 30.3 Å². The second-order valence-electron chi connectivity index (χ2n) is 8.74. The number of fused-ring (bicyclic) bond motifs is 3. The molecule has 5 aromatic rings. The molecule has 0 amide bonds. The Balaban J connectivity index is 1.53. The second kappa shape index (κ2) is 8.40. The highest BCUT2D eigenvalue weighted by Gasteiger charge is 2.45. The maximum absolute atomic E-state index is 11.4. The molecule has 1 aliphatic carbocycles. The van der Waals surface area contributed by atoms with Crippen molar-refractivity contribution in [1.82, 2.24) is 0 Å². The smallest absolute Gasteiger partial charge is 0.311 e. The van der Waals surface area contributed by atoms with Gasteiger partial charge < -0.3 is 9.84 Å². The normalized spacial score (nSPS) is 13.0. The SMILES string of the molecule is O=[N+]([O-])c1ccccc1Oc1ccc(C2(c3ccc(O)cc3)c3ccccc3-c3ccccc32)cc1. The number of para-hydroxylation sites is 2. The molecule has 5 aromatic carbocycles. The molecule has 0 fully saturated rings. The van der Waals surface area contributed by atoms with E-state index in [-0.39, 0.29) is 17.2 Å². The van der Waals surface area contributed by atoms with E-state index in [2.05, 4.69) is 24.3 Å².